The van der Waals surface area contributed by atoms with Crippen molar-refractivity contribution in [2.24, 2.45) is 5.16 Å². The molecule has 0 saturated carbocycles. The van der Waals surface area contributed by atoms with E-state index in [1.54, 1.807) is 31.4 Å². The van der Waals surface area contributed by atoms with Crippen LogP contribution in [0.1, 0.15) is 29.3 Å². The topological polar surface area (TPSA) is 77.0 Å². The van der Waals surface area contributed by atoms with Crippen molar-refractivity contribution in [1.82, 2.24) is 0 Å². The Labute approximate surface area is 145 Å². The van der Waals surface area contributed by atoms with Gasteiger partial charge < -0.3 is 14.9 Å². The second-order valence-corrected chi connectivity index (χ2v) is 5.66. The van der Waals surface area contributed by atoms with E-state index in [4.69, 9.17) is 9.57 Å². The van der Waals surface area contributed by atoms with Gasteiger partial charge in [-0.05, 0) is 43.3 Å². The summed E-state index contributed by atoms with van der Waals surface area (Å²) in [7, 11) is 1.59. The van der Waals surface area contributed by atoms with Gasteiger partial charge in [-0.3, -0.25) is 9.59 Å². The van der Waals surface area contributed by atoms with Gasteiger partial charge in [0.2, 0.25) is 6.10 Å². The third-order valence-electron chi connectivity index (χ3n) is 3.94. The van der Waals surface area contributed by atoms with E-state index in [0.717, 1.165) is 5.56 Å². The number of methoxy groups -OCH3 is 1. The predicted octanol–water partition coefficient (Wildman–Crippen LogP) is 3.03. The Morgan fingerprint density at radius 1 is 1.16 bits per heavy atom. The van der Waals surface area contributed by atoms with Gasteiger partial charge in [0.25, 0.3) is 5.91 Å². The van der Waals surface area contributed by atoms with Crippen LogP contribution in [-0.2, 0) is 9.63 Å². The summed E-state index contributed by atoms with van der Waals surface area (Å²) in [6.07, 6.45) is -0.343. The van der Waals surface area contributed by atoms with Crippen LogP contribution in [0.5, 0.6) is 5.75 Å². The highest BCUT2D eigenvalue weighted by atomic mass is 16.6. The molecule has 6 nitrogen and oxygen atoms in total. The number of Topliss-reactive ketones (excluding diaryl/α,β-unsaturated/α-hetero) is 1. The maximum atomic E-state index is 12.4. The van der Waals surface area contributed by atoms with E-state index in [-0.39, 0.29) is 11.7 Å². The normalized spacial score (nSPS) is 15.9. The summed E-state index contributed by atoms with van der Waals surface area (Å²) in [5, 5.41) is 6.80. The van der Waals surface area contributed by atoms with Crippen molar-refractivity contribution in [3.63, 3.8) is 0 Å². The number of anilines is 1. The van der Waals surface area contributed by atoms with Crippen LogP contribution in [0.4, 0.5) is 5.69 Å². The average Bonchev–Trinajstić information content (AvgIpc) is 3.12. The first-order valence-electron chi connectivity index (χ1n) is 7.86. The number of carbonyl (C=O) groups is 2. The average molecular weight is 338 g/mol. The molecule has 6 heteroatoms. The first kappa shape index (κ1) is 16.7. The fraction of sp³-hybridized carbons (Fsp3) is 0.211. The van der Waals surface area contributed by atoms with Crippen LogP contribution in [0.25, 0.3) is 0 Å². The Morgan fingerprint density at radius 3 is 2.56 bits per heavy atom. The molecule has 0 spiro atoms. The Hall–Kier alpha value is -3.15. The molecule has 128 valence electrons. The summed E-state index contributed by atoms with van der Waals surface area (Å²) in [6.45, 7) is 1.50. The second kappa shape index (κ2) is 7.17. The summed E-state index contributed by atoms with van der Waals surface area (Å²) in [4.78, 5) is 28.9. The smallest absolute Gasteiger partial charge is 0.268 e. The lowest BCUT2D eigenvalue weighted by Crippen LogP contribution is -2.28. The Bertz CT molecular complexity index is 828. The fourth-order valence-corrected chi connectivity index (χ4v) is 2.57. The lowest BCUT2D eigenvalue weighted by Gasteiger charge is -2.10. The number of oxime groups is 1. The van der Waals surface area contributed by atoms with Crippen molar-refractivity contribution in [3.05, 3.63) is 59.7 Å². The van der Waals surface area contributed by atoms with Crippen molar-refractivity contribution >= 4 is 23.1 Å². The molecule has 0 bridgehead atoms. The van der Waals surface area contributed by atoms with Gasteiger partial charge in [-0.15, -0.1) is 0 Å². The molecule has 1 atom stereocenters. The lowest BCUT2D eigenvalue weighted by atomic mass is 10.0. The zero-order valence-corrected chi connectivity index (χ0v) is 14.0. The number of ether oxygens (including phenoxy) is 1. The SMILES string of the molecule is COc1ccccc1C1=NO[C@@H](C(=O)Nc2ccc(C(C)=O)cc2)C1. The molecule has 1 N–H and O–H groups in total. The van der Waals surface area contributed by atoms with Gasteiger partial charge in [0.1, 0.15) is 5.75 Å². The molecular formula is C19H18N2O4. The first-order valence-corrected chi connectivity index (χ1v) is 7.86. The number of hydrogen-bond acceptors (Lipinski definition) is 5. The summed E-state index contributed by atoms with van der Waals surface area (Å²) in [6, 6.07) is 14.2. The van der Waals surface area contributed by atoms with E-state index in [1.165, 1.54) is 6.92 Å². The van der Waals surface area contributed by atoms with E-state index in [9.17, 15) is 9.59 Å². The molecule has 0 unspecified atom stereocenters. The highest BCUT2D eigenvalue weighted by Crippen LogP contribution is 2.25. The number of para-hydroxylation sites is 1. The molecule has 25 heavy (non-hydrogen) atoms. The molecule has 2 aromatic carbocycles. The Morgan fingerprint density at radius 2 is 1.88 bits per heavy atom. The van der Waals surface area contributed by atoms with Gasteiger partial charge in [0.15, 0.2) is 5.78 Å². The number of rotatable bonds is 5. The zero-order valence-electron chi connectivity index (χ0n) is 14.0. The summed E-state index contributed by atoms with van der Waals surface area (Å²) in [5.74, 6) is 0.377. The molecule has 0 fully saturated rings. The molecular weight excluding hydrogens is 320 g/mol. The number of ketones is 1. The minimum Gasteiger partial charge on any atom is -0.496 e. The Balaban J connectivity index is 1.64. The number of nitrogens with one attached hydrogen (secondary N) is 1. The minimum atomic E-state index is -0.701. The molecule has 1 aliphatic heterocycles. The van der Waals surface area contributed by atoms with Crippen LogP contribution in [0.15, 0.2) is 53.7 Å². The number of carbonyl (C=O) groups excluding carboxylic acids is 2. The Kier molecular flexibility index (Phi) is 4.79. The van der Waals surface area contributed by atoms with Crippen molar-refractivity contribution in [1.29, 1.82) is 0 Å². The van der Waals surface area contributed by atoms with Gasteiger partial charge in [-0.25, -0.2) is 0 Å². The summed E-state index contributed by atoms with van der Waals surface area (Å²) >= 11 is 0. The van der Waals surface area contributed by atoms with Gasteiger partial charge in [-0.1, -0.05) is 17.3 Å². The summed E-state index contributed by atoms with van der Waals surface area (Å²) in [5.41, 5.74) is 2.68. The van der Waals surface area contributed by atoms with E-state index in [2.05, 4.69) is 10.5 Å². The van der Waals surface area contributed by atoms with Crippen molar-refractivity contribution in [3.8, 4) is 5.75 Å². The highest BCUT2D eigenvalue weighted by molar-refractivity contribution is 6.07. The van der Waals surface area contributed by atoms with Crippen molar-refractivity contribution < 1.29 is 19.2 Å². The van der Waals surface area contributed by atoms with Crippen LogP contribution in [0.2, 0.25) is 0 Å². The van der Waals surface area contributed by atoms with E-state index in [1.807, 2.05) is 24.3 Å². The molecule has 3 rings (SSSR count). The van der Waals surface area contributed by atoms with Gasteiger partial charge in [-0.2, -0.15) is 0 Å². The van der Waals surface area contributed by atoms with Gasteiger partial charge in [0, 0.05) is 23.2 Å². The van der Waals surface area contributed by atoms with E-state index < -0.39 is 6.10 Å². The fourth-order valence-electron chi connectivity index (χ4n) is 2.57. The van der Waals surface area contributed by atoms with Crippen LogP contribution < -0.4 is 10.1 Å². The molecule has 0 aromatic heterocycles. The quantitative estimate of drug-likeness (QED) is 0.850. The number of hydrogen-bond donors (Lipinski definition) is 1. The summed E-state index contributed by atoms with van der Waals surface area (Å²) < 4.78 is 5.32. The van der Waals surface area contributed by atoms with E-state index >= 15 is 0 Å². The molecule has 0 radical (unpaired) electrons. The monoisotopic (exact) mass is 338 g/mol. The van der Waals surface area contributed by atoms with Crippen LogP contribution in [0, 0.1) is 0 Å². The predicted molar refractivity (Wildman–Crippen MR) is 94.1 cm³/mol. The maximum Gasteiger partial charge on any atom is 0.268 e. The van der Waals surface area contributed by atoms with Crippen LogP contribution in [0.3, 0.4) is 0 Å². The molecule has 0 saturated heterocycles. The number of amides is 1. The molecule has 1 aliphatic rings. The molecule has 1 heterocycles. The third-order valence-corrected chi connectivity index (χ3v) is 3.94. The molecule has 0 aliphatic carbocycles. The minimum absolute atomic E-state index is 0.0214. The largest absolute Gasteiger partial charge is 0.496 e. The van der Waals surface area contributed by atoms with E-state index in [0.29, 0.717) is 29.1 Å². The van der Waals surface area contributed by atoms with Gasteiger partial charge in [0.05, 0.1) is 12.8 Å². The standard InChI is InChI=1S/C19H18N2O4/c1-12(22)13-7-9-14(10-8-13)20-19(23)18-11-16(21-25-18)15-5-3-4-6-17(15)24-2/h3-10,18H,11H2,1-2H3,(H,20,23)/t18-/m1/s1. The maximum absolute atomic E-state index is 12.4. The number of benzene rings is 2. The first-order chi connectivity index (χ1) is 12.1. The van der Waals surface area contributed by atoms with Crippen molar-refractivity contribution in [2.75, 3.05) is 12.4 Å². The molecule has 1 amide bonds. The third kappa shape index (κ3) is 3.68. The molecule has 2 aromatic rings. The second-order valence-electron chi connectivity index (χ2n) is 5.66. The zero-order chi connectivity index (χ0) is 17.8. The van der Waals surface area contributed by atoms with Gasteiger partial charge >= 0.3 is 0 Å². The van der Waals surface area contributed by atoms with Crippen LogP contribution in [-0.4, -0.2) is 30.6 Å². The van der Waals surface area contributed by atoms with Crippen LogP contribution >= 0.6 is 0 Å². The highest BCUT2D eigenvalue weighted by Gasteiger charge is 2.30. The van der Waals surface area contributed by atoms with Crippen molar-refractivity contribution in [2.45, 2.75) is 19.4 Å². The lowest BCUT2D eigenvalue weighted by molar-refractivity contribution is -0.125. The number of nitrogens with zero attached hydrogens (tertiary/aromatic N) is 1.